The van der Waals surface area contributed by atoms with Crippen molar-refractivity contribution < 1.29 is 23.8 Å². The monoisotopic (exact) mass is 467 g/mol. The summed E-state index contributed by atoms with van der Waals surface area (Å²) in [6.07, 6.45) is 0. The lowest BCUT2D eigenvalue weighted by Gasteiger charge is -2.35. The third kappa shape index (κ3) is 5.25. The number of thiazole rings is 1. The van der Waals surface area contributed by atoms with E-state index in [1.807, 2.05) is 5.38 Å². The third-order valence-corrected chi connectivity index (χ3v) is 6.10. The van der Waals surface area contributed by atoms with Gasteiger partial charge in [-0.15, -0.1) is 11.3 Å². The summed E-state index contributed by atoms with van der Waals surface area (Å²) in [5.74, 6) is 1.60. The van der Waals surface area contributed by atoms with E-state index in [1.165, 1.54) is 11.3 Å². The first kappa shape index (κ1) is 22.6. The molecule has 1 aromatic heterocycles. The number of carbonyl (C=O) groups excluding carboxylic acids is 2. The Kier molecular flexibility index (Phi) is 7.09. The molecule has 0 N–H and O–H groups in total. The predicted octanol–water partition coefficient (Wildman–Crippen LogP) is 3.34. The van der Waals surface area contributed by atoms with Crippen molar-refractivity contribution >= 4 is 23.2 Å². The van der Waals surface area contributed by atoms with Crippen LogP contribution in [-0.2, 0) is 6.61 Å². The zero-order valence-electron chi connectivity index (χ0n) is 18.5. The molecule has 1 saturated heterocycles. The van der Waals surface area contributed by atoms with Gasteiger partial charge in [-0.25, -0.2) is 4.98 Å². The van der Waals surface area contributed by atoms with Crippen LogP contribution in [0.15, 0.2) is 53.4 Å². The smallest absolute Gasteiger partial charge is 0.254 e. The summed E-state index contributed by atoms with van der Waals surface area (Å²) >= 11 is 1.51. The maximum absolute atomic E-state index is 13.0. The van der Waals surface area contributed by atoms with Gasteiger partial charge < -0.3 is 24.0 Å². The Bertz CT molecular complexity index is 1090. The number of methoxy groups -OCH3 is 2. The zero-order valence-corrected chi connectivity index (χ0v) is 19.3. The summed E-state index contributed by atoms with van der Waals surface area (Å²) in [6.45, 7) is 2.21. The van der Waals surface area contributed by atoms with E-state index < -0.39 is 0 Å². The molecule has 33 heavy (non-hydrogen) atoms. The van der Waals surface area contributed by atoms with Crippen molar-refractivity contribution in [1.29, 1.82) is 0 Å². The van der Waals surface area contributed by atoms with Crippen molar-refractivity contribution in [1.82, 2.24) is 14.8 Å². The molecule has 0 aliphatic carbocycles. The Hall–Kier alpha value is -3.59. The first-order chi connectivity index (χ1) is 16.1. The summed E-state index contributed by atoms with van der Waals surface area (Å²) < 4.78 is 16.4. The van der Waals surface area contributed by atoms with Crippen LogP contribution < -0.4 is 14.2 Å². The fraction of sp³-hybridized carbons (Fsp3) is 0.292. The van der Waals surface area contributed by atoms with Crippen molar-refractivity contribution in [3.05, 3.63) is 70.2 Å². The lowest BCUT2D eigenvalue weighted by atomic mass is 10.1. The van der Waals surface area contributed by atoms with E-state index in [0.717, 1.165) is 5.69 Å². The number of amides is 2. The summed E-state index contributed by atoms with van der Waals surface area (Å²) in [6, 6.07) is 12.2. The van der Waals surface area contributed by atoms with Crippen LogP contribution in [-0.4, -0.2) is 67.0 Å². The minimum atomic E-state index is -0.101. The highest BCUT2D eigenvalue weighted by Crippen LogP contribution is 2.29. The molecule has 9 heteroatoms. The molecule has 3 aromatic rings. The molecule has 2 heterocycles. The molecular formula is C24H25N3O5S. The first-order valence-electron chi connectivity index (χ1n) is 10.5. The van der Waals surface area contributed by atoms with Gasteiger partial charge in [0.15, 0.2) is 11.5 Å². The molecule has 0 radical (unpaired) electrons. The number of rotatable bonds is 7. The van der Waals surface area contributed by atoms with E-state index in [0.29, 0.717) is 61.2 Å². The molecule has 4 rings (SSSR count). The second-order valence-electron chi connectivity index (χ2n) is 7.45. The fourth-order valence-corrected chi connectivity index (χ4v) is 4.13. The average molecular weight is 468 g/mol. The van der Waals surface area contributed by atoms with Crippen molar-refractivity contribution in [2.24, 2.45) is 0 Å². The Labute approximate surface area is 196 Å². The second-order valence-corrected chi connectivity index (χ2v) is 8.17. The molecule has 2 aromatic carbocycles. The summed E-state index contributed by atoms with van der Waals surface area (Å²) in [5, 5.41) is 1.92. The van der Waals surface area contributed by atoms with Gasteiger partial charge >= 0.3 is 0 Å². The van der Waals surface area contributed by atoms with Crippen molar-refractivity contribution in [3.8, 4) is 17.2 Å². The minimum Gasteiger partial charge on any atom is -0.497 e. The lowest BCUT2D eigenvalue weighted by Crippen LogP contribution is -2.50. The highest BCUT2D eigenvalue weighted by atomic mass is 32.1. The molecule has 0 atom stereocenters. The average Bonchev–Trinajstić information content (AvgIpc) is 3.40. The Morgan fingerprint density at radius 3 is 2.09 bits per heavy atom. The summed E-state index contributed by atoms with van der Waals surface area (Å²) in [7, 11) is 3.13. The van der Waals surface area contributed by atoms with Crippen LogP contribution in [0.4, 0.5) is 0 Å². The maximum atomic E-state index is 13.0. The number of benzene rings is 2. The Balaban J connectivity index is 1.36. The topological polar surface area (TPSA) is 81.2 Å². The van der Waals surface area contributed by atoms with Gasteiger partial charge in [-0.1, -0.05) is 0 Å². The molecule has 0 saturated carbocycles. The van der Waals surface area contributed by atoms with Gasteiger partial charge in [0.1, 0.15) is 12.4 Å². The van der Waals surface area contributed by atoms with Crippen molar-refractivity contribution in [3.63, 3.8) is 0 Å². The molecule has 1 aliphatic heterocycles. The van der Waals surface area contributed by atoms with E-state index in [2.05, 4.69) is 4.98 Å². The van der Waals surface area contributed by atoms with E-state index in [4.69, 9.17) is 14.2 Å². The van der Waals surface area contributed by atoms with E-state index in [1.54, 1.807) is 72.0 Å². The van der Waals surface area contributed by atoms with Gasteiger partial charge in [0.25, 0.3) is 11.8 Å². The van der Waals surface area contributed by atoms with Crippen LogP contribution in [0.5, 0.6) is 17.2 Å². The SMILES string of the molecule is COc1ccc(C(=O)N2CCN(C(=O)c3ccc(OCc4cscn4)c(OC)c3)CC2)cc1. The molecule has 2 amide bonds. The fourth-order valence-electron chi connectivity index (χ4n) is 3.59. The summed E-state index contributed by atoms with van der Waals surface area (Å²) in [5.41, 5.74) is 3.71. The number of hydrogen-bond donors (Lipinski definition) is 0. The number of piperazine rings is 1. The van der Waals surface area contributed by atoms with Gasteiger partial charge in [0, 0.05) is 42.7 Å². The van der Waals surface area contributed by atoms with Crippen molar-refractivity contribution in [2.75, 3.05) is 40.4 Å². The van der Waals surface area contributed by atoms with Crippen LogP contribution in [0, 0.1) is 0 Å². The Morgan fingerprint density at radius 1 is 0.879 bits per heavy atom. The van der Waals surface area contributed by atoms with Gasteiger partial charge in [-0.2, -0.15) is 0 Å². The highest BCUT2D eigenvalue weighted by molar-refractivity contribution is 7.07. The van der Waals surface area contributed by atoms with Gasteiger partial charge in [-0.05, 0) is 42.5 Å². The van der Waals surface area contributed by atoms with Crippen molar-refractivity contribution in [2.45, 2.75) is 6.61 Å². The molecule has 8 nitrogen and oxygen atoms in total. The predicted molar refractivity (Wildman–Crippen MR) is 124 cm³/mol. The van der Waals surface area contributed by atoms with Crippen LogP contribution in [0.2, 0.25) is 0 Å². The molecule has 0 spiro atoms. The molecule has 0 bridgehead atoms. The third-order valence-electron chi connectivity index (χ3n) is 5.46. The number of aromatic nitrogens is 1. The van der Waals surface area contributed by atoms with E-state index >= 15 is 0 Å². The lowest BCUT2D eigenvalue weighted by molar-refractivity contribution is 0.0535. The molecule has 1 fully saturated rings. The zero-order chi connectivity index (χ0) is 23.2. The largest absolute Gasteiger partial charge is 0.497 e. The van der Waals surface area contributed by atoms with Gasteiger partial charge in [-0.3, -0.25) is 9.59 Å². The normalized spacial score (nSPS) is 13.5. The number of ether oxygens (including phenoxy) is 3. The van der Waals surface area contributed by atoms with Gasteiger partial charge in [0.05, 0.1) is 25.4 Å². The number of hydrogen-bond acceptors (Lipinski definition) is 7. The molecule has 0 unspecified atom stereocenters. The number of carbonyl (C=O) groups is 2. The van der Waals surface area contributed by atoms with E-state index in [-0.39, 0.29) is 11.8 Å². The number of nitrogens with zero attached hydrogens (tertiary/aromatic N) is 3. The van der Waals surface area contributed by atoms with Crippen LogP contribution in [0.3, 0.4) is 0 Å². The molecular weight excluding hydrogens is 442 g/mol. The van der Waals surface area contributed by atoms with E-state index in [9.17, 15) is 9.59 Å². The quantitative estimate of drug-likeness (QED) is 0.530. The highest BCUT2D eigenvalue weighted by Gasteiger charge is 2.26. The van der Waals surface area contributed by atoms with Crippen LogP contribution >= 0.6 is 11.3 Å². The minimum absolute atomic E-state index is 0.0481. The van der Waals surface area contributed by atoms with Gasteiger partial charge in [0.2, 0.25) is 0 Å². The maximum Gasteiger partial charge on any atom is 0.254 e. The standard InChI is InChI=1S/C24H25N3O5S/c1-30-20-6-3-17(4-7-20)23(28)26-9-11-27(12-10-26)24(29)18-5-8-21(22(13-18)31-2)32-14-19-15-33-16-25-19/h3-8,13,15-16H,9-12,14H2,1-2H3. The second kappa shape index (κ2) is 10.4. The summed E-state index contributed by atoms with van der Waals surface area (Å²) in [4.78, 5) is 33.5. The first-order valence-corrected chi connectivity index (χ1v) is 11.4. The Morgan fingerprint density at radius 2 is 1.52 bits per heavy atom. The molecule has 172 valence electrons. The van der Waals surface area contributed by atoms with Crippen LogP contribution in [0.1, 0.15) is 26.4 Å². The molecule has 1 aliphatic rings. The van der Waals surface area contributed by atoms with Crippen LogP contribution in [0.25, 0.3) is 0 Å².